The molecule has 0 saturated heterocycles. The molecule has 1 aliphatic heterocycles. The number of ether oxygens (including phenoxy) is 1. The number of hydrogen-bond acceptors (Lipinski definition) is 3. The Morgan fingerprint density at radius 2 is 2.12 bits per heavy atom. The van der Waals surface area contributed by atoms with Gasteiger partial charge in [-0.25, -0.2) is 0 Å². The van der Waals surface area contributed by atoms with Crippen molar-refractivity contribution in [1.82, 2.24) is 0 Å². The molecule has 0 aromatic heterocycles. The van der Waals surface area contributed by atoms with E-state index in [0.29, 0.717) is 16.5 Å². The van der Waals surface area contributed by atoms with Crippen LogP contribution in [0.25, 0.3) is 0 Å². The molecule has 0 spiro atoms. The van der Waals surface area contributed by atoms with Gasteiger partial charge in [-0.2, -0.15) is 0 Å². The largest absolute Gasteiger partial charge is 0.482 e. The lowest BCUT2D eigenvalue weighted by Crippen LogP contribution is -2.49. The number of rotatable bonds is 4. The topological polar surface area (TPSA) is 58.6 Å². The molecule has 0 fully saturated rings. The molecule has 2 aromatic rings. The minimum absolute atomic E-state index is 0.100. The number of aryl methyl sites for hydroxylation is 2. The van der Waals surface area contributed by atoms with E-state index in [0.717, 1.165) is 23.2 Å². The quantitative estimate of drug-likeness (QED) is 0.883. The highest BCUT2D eigenvalue weighted by Gasteiger charge is 2.33. The van der Waals surface area contributed by atoms with Crippen LogP contribution in [0.5, 0.6) is 5.75 Å². The molecule has 2 amide bonds. The Hall–Kier alpha value is -2.53. The van der Waals surface area contributed by atoms with Crippen LogP contribution in [0.3, 0.4) is 0 Å². The average Bonchev–Trinajstić information content (AvgIpc) is 2.62. The maximum absolute atomic E-state index is 12.9. The molecule has 0 radical (unpaired) electrons. The molecule has 136 valence electrons. The molecule has 0 aliphatic carbocycles. The zero-order valence-corrected chi connectivity index (χ0v) is 15.8. The summed E-state index contributed by atoms with van der Waals surface area (Å²) in [6, 6.07) is 10.3. The van der Waals surface area contributed by atoms with Crippen LogP contribution in [0.15, 0.2) is 36.4 Å². The van der Waals surface area contributed by atoms with E-state index >= 15 is 0 Å². The molecule has 0 bridgehead atoms. The second-order valence-corrected chi connectivity index (χ2v) is 6.73. The number of nitrogens with one attached hydrogen (secondary N) is 1. The Bertz CT molecular complexity index is 866. The van der Waals surface area contributed by atoms with Crippen molar-refractivity contribution in [2.45, 2.75) is 33.2 Å². The number of para-hydroxylation sites is 1. The number of benzene rings is 2. The fourth-order valence-electron chi connectivity index (χ4n) is 3.12. The molecule has 1 aliphatic rings. The molecule has 1 N–H and O–H groups in total. The van der Waals surface area contributed by atoms with Gasteiger partial charge in [-0.1, -0.05) is 36.7 Å². The van der Waals surface area contributed by atoms with Gasteiger partial charge in [0.15, 0.2) is 6.61 Å². The van der Waals surface area contributed by atoms with Crippen molar-refractivity contribution < 1.29 is 14.3 Å². The first kappa shape index (κ1) is 18.3. The van der Waals surface area contributed by atoms with Crippen LogP contribution >= 0.6 is 11.6 Å². The smallest absolute Gasteiger partial charge is 0.265 e. The van der Waals surface area contributed by atoms with Crippen LogP contribution in [0.4, 0.5) is 11.4 Å². The Kier molecular flexibility index (Phi) is 5.18. The number of halogens is 1. The van der Waals surface area contributed by atoms with Gasteiger partial charge >= 0.3 is 0 Å². The Morgan fingerprint density at radius 3 is 2.85 bits per heavy atom. The third-order valence-corrected chi connectivity index (χ3v) is 4.79. The number of nitrogens with zero attached hydrogens (tertiary/aromatic N) is 1. The van der Waals surface area contributed by atoms with Crippen molar-refractivity contribution in [1.29, 1.82) is 0 Å². The van der Waals surface area contributed by atoms with E-state index < -0.39 is 6.04 Å². The fourth-order valence-corrected chi connectivity index (χ4v) is 3.28. The van der Waals surface area contributed by atoms with Crippen LogP contribution in [-0.4, -0.2) is 24.5 Å². The third kappa shape index (κ3) is 3.40. The van der Waals surface area contributed by atoms with E-state index in [4.69, 9.17) is 16.3 Å². The fraction of sp³-hybridized carbons (Fsp3) is 0.300. The lowest BCUT2D eigenvalue weighted by Gasteiger charge is -2.33. The van der Waals surface area contributed by atoms with Crippen molar-refractivity contribution in [3.05, 3.63) is 52.5 Å². The van der Waals surface area contributed by atoms with E-state index in [1.807, 2.05) is 32.0 Å². The van der Waals surface area contributed by atoms with Gasteiger partial charge in [-0.05, 0) is 49.6 Å². The lowest BCUT2D eigenvalue weighted by molar-refractivity contribution is -0.125. The van der Waals surface area contributed by atoms with Crippen molar-refractivity contribution >= 4 is 34.8 Å². The van der Waals surface area contributed by atoms with Crippen molar-refractivity contribution in [2.24, 2.45) is 0 Å². The van der Waals surface area contributed by atoms with Gasteiger partial charge in [0.05, 0.1) is 5.69 Å². The van der Waals surface area contributed by atoms with E-state index in [2.05, 4.69) is 5.32 Å². The predicted molar refractivity (Wildman–Crippen MR) is 103 cm³/mol. The number of anilines is 2. The van der Waals surface area contributed by atoms with Gasteiger partial charge in [-0.3, -0.25) is 14.5 Å². The molecule has 0 saturated carbocycles. The average molecular weight is 373 g/mol. The first-order chi connectivity index (χ1) is 12.4. The molecular formula is C20H21ClN2O3. The summed E-state index contributed by atoms with van der Waals surface area (Å²) in [4.78, 5) is 26.8. The van der Waals surface area contributed by atoms with Crippen molar-refractivity contribution in [3.63, 3.8) is 0 Å². The van der Waals surface area contributed by atoms with Gasteiger partial charge in [0.1, 0.15) is 11.8 Å². The zero-order valence-electron chi connectivity index (χ0n) is 15.0. The maximum Gasteiger partial charge on any atom is 0.265 e. The molecule has 1 unspecified atom stereocenters. The van der Waals surface area contributed by atoms with Crippen LogP contribution in [-0.2, 0) is 16.0 Å². The molecule has 26 heavy (non-hydrogen) atoms. The summed E-state index contributed by atoms with van der Waals surface area (Å²) < 4.78 is 5.44. The summed E-state index contributed by atoms with van der Waals surface area (Å²) >= 11 is 6.07. The summed E-state index contributed by atoms with van der Waals surface area (Å²) in [5.74, 6) is 0.0110. The van der Waals surface area contributed by atoms with Gasteiger partial charge in [0.2, 0.25) is 5.91 Å². The van der Waals surface area contributed by atoms with Crippen molar-refractivity contribution in [3.8, 4) is 5.75 Å². The predicted octanol–water partition coefficient (Wildman–Crippen LogP) is 3.96. The van der Waals surface area contributed by atoms with Crippen molar-refractivity contribution in [2.75, 3.05) is 16.8 Å². The summed E-state index contributed by atoms with van der Waals surface area (Å²) in [5, 5.41) is 3.46. The second-order valence-electron chi connectivity index (χ2n) is 6.29. The highest BCUT2D eigenvalue weighted by Crippen LogP contribution is 2.36. The Labute approximate surface area is 157 Å². The second kappa shape index (κ2) is 7.38. The minimum atomic E-state index is -0.701. The molecule has 1 atom stereocenters. The number of fused-ring (bicyclic) bond motifs is 1. The molecule has 6 heteroatoms. The highest BCUT2D eigenvalue weighted by atomic mass is 35.5. The monoisotopic (exact) mass is 372 g/mol. The first-order valence-corrected chi connectivity index (χ1v) is 8.94. The number of amides is 2. The van der Waals surface area contributed by atoms with Gasteiger partial charge in [0.25, 0.3) is 5.91 Å². The Balaban J connectivity index is 1.90. The molecular weight excluding hydrogens is 352 g/mol. The Morgan fingerprint density at radius 1 is 1.35 bits per heavy atom. The van der Waals surface area contributed by atoms with Crippen LogP contribution in [0.2, 0.25) is 5.02 Å². The van der Waals surface area contributed by atoms with E-state index in [9.17, 15) is 9.59 Å². The maximum atomic E-state index is 12.9. The summed E-state index contributed by atoms with van der Waals surface area (Å²) in [6.45, 7) is 5.59. The number of hydrogen-bond donors (Lipinski definition) is 1. The third-order valence-electron chi connectivity index (χ3n) is 4.56. The summed E-state index contributed by atoms with van der Waals surface area (Å²) in [5.41, 5.74) is 3.36. The molecule has 3 rings (SSSR count). The normalized spacial score (nSPS) is 14.5. The zero-order chi connectivity index (χ0) is 18.8. The molecule has 5 nitrogen and oxygen atoms in total. The number of carbonyl (C=O) groups excluding carboxylic acids is 2. The molecule has 2 aromatic carbocycles. The van der Waals surface area contributed by atoms with Crippen LogP contribution < -0.4 is 15.0 Å². The van der Waals surface area contributed by atoms with E-state index in [-0.39, 0.29) is 18.4 Å². The highest BCUT2D eigenvalue weighted by molar-refractivity contribution is 6.31. The standard InChI is InChI=1S/C20H21ClN2O3/c1-4-14-7-5-6-12(2)19(14)22-20(25)13(3)23-16-10-15(21)8-9-17(16)26-11-18(23)24/h5-10,13H,4,11H2,1-3H3,(H,22,25). The summed E-state index contributed by atoms with van der Waals surface area (Å²) in [6.07, 6.45) is 0.806. The lowest BCUT2D eigenvalue weighted by atomic mass is 10.1. The van der Waals surface area contributed by atoms with Gasteiger partial charge < -0.3 is 10.1 Å². The molecule has 1 heterocycles. The SMILES string of the molecule is CCc1cccc(C)c1NC(=O)C(C)N1C(=O)COc2ccc(Cl)cc21. The minimum Gasteiger partial charge on any atom is -0.482 e. The van der Waals surface area contributed by atoms with E-state index in [1.165, 1.54) is 4.90 Å². The van der Waals surface area contributed by atoms with Gasteiger partial charge in [0, 0.05) is 10.7 Å². The van der Waals surface area contributed by atoms with E-state index in [1.54, 1.807) is 25.1 Å². The van der Waals surface area contributed by atoms with Crippen LogP contribution in [0, 0.1) is 6.92 Å². The first-order valence-electron chi connectivity index (χ1n) is 8.56. The van der Waals surface area contributed by atoms with Crippen LogP contribution in [0.1, 0.15) is 25.0 Å². The van der Waals surface area contributed by atoms with Gasteiger partial charge in [-0.15, -0.1) is 0 Å². The summed E-state index contributed by atoms with van der Waals surface area (Å²) in [7, 11) is 0. The number of carbonyl (C=O) groups is 2.